The molecule has 0 saturated heterocycles. The van der Waals surface area contributed by atoms with Gasteiger partial charge in [0.15, 0.2) is 17.3 Å². The Morgan fingerprint density at radius 1 is 1.12 bits per heavy atom. The molecule has 0 atom stereocenters. The molecule has 0 aliphatic rings. The van der Waals surface area contributed by atoms with E-state index in [0.717, 1.165) is 0 Å². The highest BCUT2D eigenvalue weighted by atomic mass is 16.5. The van der Waals surface area contributed by atoms with Gasteiger partial charge in [-0.2, -0.15) is 5.10 Å². The topological polar surface area (TPSA) is 78.3 Å². The van der Waals surface area contributed by atoms with Crippen molar-refractivity contribution >= 4 is 11.6 Å². The normalized spacial score (nSPS) is 10.2. The van der Waals surface area contributed by atoms with Crippen LogP contribution >= 0.6 is 0 Å². The molecule has 1 aromatic carbocycles. The third-order valence-electron chi connectivity index (χ3n) is 3.39. The first-order chi connectivity index (χ1) is 11.7. The van der Waals surface area contributed by atoms with E-state index in [1.54, 1.807) is 67.7 Å². The number of amides is 1. The van der Waals surface area contributed by atoms with Crippen molar-refractivity contribution in [2.75, 3.05) is 19.5 Å². The van der Waals surface area contributed by atoms with E-state index in [-0.39, 0.29) is 5.91 Å². The lowest BCUT2D eigenvalue weighted by molar-refractivity contribution is 0.102. The number of nitrogens with zero attached hydrogens (tertiary/aromatic N) is 3. The molecule has 0 radical (unpaired) electrons. The Morgan fingerprint density at radius 3 is 2.58 bits per heavy atom. The highest BCUT2D eigenvalue weighted by Gasteiger charge is 2.10. The third kappa shape index (κ3) is 3.19. The monoisotopic (exact) mass is 324 g/mol. The molecule has 122 valence electrons. The Hall–Kier alpha value is -3.35. The Balaban J connectivity index is 1.75. The van der Waals surface area contributed by atoms with E-state index < -0.39 is 0 Å². The van der Waals surface area contributed by atoms with Gasteiger partial charge in [0.25, 0.3) is 5.91 Å². The van der Waals surface area contributed by atoms with Crippen LogP contribution in [0.5, 0.6) is 11.5 Å². The number of benzene rings is 1. The van der Waals surface area contributed by atoms with Gasteiger partial charge < -0.3 is 14.8 Å². The summed E-state index contributed by atoms with van der Waals surface area (Å²) in [5.74, 6) is 1.52. The highest BCUT2D eigenvalue weighted by molar-refractivity contribution is 6.04. The average Bonchev–Trinajstić information content (AvgIpc) is 3.16. The smallest absolute Gasteiger partial charge is 0.257 e. The second-order valence-electron chi connectivity index (χ2n) is 4.88. The minimum absolute atomic E-state index is 0.262. The maximum Gasteiger partial charge on any atom is 0.257 e. The van der Waals surface area contributed by atoms with Gasteiger partial charge >= 0.3 is 0 Å². The Kier molecular flexibility index (Phi) is 4.42. The lowest BCUT2D eigenvalue weighted by Gasteiger charge is -2.10. The zero-order valence-corrected chi connectivity index (χ0v) is 13.3. The summed E-state index contributed by atoms with van der Waals surface area (Å²) in [4.78, 5) is 16.6. The van der Waals surface area contributed by atoms with Gasteiger partial charge in [0.05, 0.1) is 19.8 Å². The van der Waals surface area contributed by atoms with E-state index in [4.69, 9.17) is 9.47 Å². The molecule has 0 unspecified atom stereocenters. The Labute approximate surface area is 138 Å². The summed E-state index contributed by atoms with van der Waals surface area (Å²) in [5.41, 5.74) is 1.05. The second kappa shape index (κ2) is 6.82. The predicted molar refractivity (Wildman–Crippen MR) is 88.9 cm³/mol. The average molecular weight is 324 g/mol. The number of ether oxygens (including phenoxy) is 2. The van der Waals surface area contributed by atoms with Crippen LogP contribution < -0.4 is 14.8 Å². The van der Waals surface area contributed by atoms with Gasteiger partial charge in [-0.05, 0) is 30.3 Å². The first-order valence-electron chi connectivity index (χ1n) is 7.20. The summed E-state index contributed by atoms with van der Waals surface area (Å²) < 4.78 is 12.0. The summed E-state index contributed by atoms with van der Waals surface area (Å²) >= 11 is 0. The van der Waals surface area contributed by atoms with Crippen LogP contribution in [0.1, 0.15) is 10.4 Å². The van der Waals surface area contributed by atoms with Crippen LogP contribution in [0.2, 0.25) is 0 Å². The highest BCUT2D eigenvalue weighted by Crippen LogP contribution is 2.29. The summed E-state index contributed by atoms with van der Waals surface area (Å²) in [5, 5.41) is 6.89. The van der Waals surface area contributed by atoms with Crippen molar-refractivity contribution in [3.63, 3.8) is 0 Å². The molecule has 1 N–H and O–H groups in total. The fraction of sp³-hybridized carbons (Fsp3) is 0.118. The van der Waals surface area contributed by atoms with Crippen molar-refractivity contribution in [2.45, 2.75) is 0 Å². The SMILES string of the molecule is COc1ccc(NC(=O)c2ccc(-n3cccn3)nc2)cc1OC. The van der Waals surface area contributed by atoms with E-state index in [0.29, 0.717) is 28.6 Å². The fourth-order valence-electron chi connectivity index (χ4n) is 2.18. The zero-order chi connectivity index (χ0) is 16.9. The maximum absolute atomic E-state index is 12.3. The molecule has 7 heteroatoms. The number of aromatic nitrogens is 3. The fourth-order valence-corrected chi connectivity index (χ4v) is 2.18. The molecule has 2 heterocycles. The van der Waals surface area contributed by atoms with Gasteiger partial charge in [0, 0.05) is 30.3 Å². The number of carbonyl (C=O) groups excluding carboxylic acids is 1. The van der Waals surface area contributed by atoms with Gasteiger partial charge in [-0.15, -0.1) is 0 Å². The number of anilines is 1. The number of hydrogen-bond donors (Lipinski definition) is 1. The molecule has 2 aromatic heterocycles. The molecule has 0 aliphatic heterocycles. The molecule has 24 heavy (non-hydrogen) atoms. The molecule has 3 rings (SSSR count). The summed E-state index contributed by atoms with van der Waals surface area (Å²) in [7, 11) is 3.10. The molecule has 7 nitrogen and oxygen atoms in total. The van der Waals surface area contributed by atoms with Crippen LogP contribution in [0.15, 0.2) is 55.0 Å². The van der Waals surface area contributed by atoms with Gasteiger partial charge in [-0.1, -0.05) is 0 Å². The van der Waals surface area contributed by atoms with Crippen molar-refractivity contribution in [1.82, 2.24) is 14.8 Å². The largest absolute Gasteiger partial charge is 0.493 e. The first-order valence-corrected chi connectivity index (χ1v) is 7.20. The first kappa shape index (κ1) is 15.5. The molecule has 0 bridgehead atoms. The van der Waals surface area contributed by atoms with E-state index in [2.05, 4.69) is 15.4 Å². The van der Waals surface area contributed by atoms with Crippen LogP contribution in [-0.4, -0.2) is 34.9 Å². The number of carbonyl (C=O) groups is 1. The second-order valence-corrected chi connectivity index (χ2v) is 4.88. The van der Waals surface area contributed by atoms with Gasteiger partial charge in [0.2, 0.25) is 0 Å². The Morgan fingerprint density at radius 2 is 1.96 bits per heavy atom. The maximum atomic E-state index is 12.3. The Bertz CT molecular complexity index is 830. The van der Waals surface area contributed by atoms with Crippen molar-refractivity contribution < 1.29 is 14.3 Å². The number of hydrogen-bond acceptors (Lipinski definition) is 5. The lowest BCUT2D eigenvalue weighted by Crippen LogP contribution is -2.12. The summed E-state index contributed by atoms with van der Waals surface area (Å²) in [6, 6.07) is 10.4. The van der Waals surface area contributed by atoms with Gasteiger partial charge in [-0.3, -0.25) is 4.79 Å². The molecule has 3 aromatic rings. The van der Waals surface area contributed by atoms with E-state index in [1.807, 2.05) is 0 Å². The van der Waals surface area contributed by atoms with Crippen LogP contribution in [0, 0.1) is 0 Å². The standard InChI is InChI=1S/C17H16N4O3/c1-23-14-6-5-13(10-15(14)24-2)20-17(22)12-4-7-16(18-11-12)21-9-3-8-19-21/h3-11H,1-2H3,(H,20,22). The summed E-state index contributed by atoms with van der Waals surface area (Å²) in [6.07, 6.45) is 4.96. The van der Waals surface area contributed by atoms with Crippen LogP contribution in [0.3, 0.4) is 0 Å². The number of rotatable bonds is 5. The van der Waals surface area contributed by atoms with E-state index >= 15 is 0 Å². The van der Waals surface area contributed by atoms with Crippen LogP contribution in [0.4, 0.5) is 5.69 Å². The summed E-state index contributed by atoms with van der Waals surface area (Å²) in [6.45, 7) is 0. The minimum atomic E-state index is -0.262. The molecule has 0 saturated carbocycles. The number of nitrogens with one attached hydrogen (secondary N) is 1. The predicted octanol–water partition coefficient (Wildman–Crippen LogP) is 2.54. The number of pyridine rings is 1. The molecule has 1 amide bonds. The van der Waals surface area contributed by atoms with Crippen molar-refractivity contribution in [1.29, 1.82) is 0 Å². The van der Waals surface area contributed by atoms with Crippen molar-refractivity contribution in [3.8, 4) is 17.3 Å². The molecule has 0 aliphatic carbocycles. The molecular formula is C17H16N4O3. The van der Waals surface area contributed by atoms with E-state index in [1.165, 1.54) is 6.20 Å². The van der Waals surface area contributed by atoms with Crippen LogP contribution in [-0.2, 0) is 0 Å². The van der Waals surface area contributed by atoms with Crippen LogP contribution in [0.25, 0.3) is 5.82 Å². The molecule has 0 fully saturated rings. The van der Waals surface area contributed by atoms with E-state index in [9.17, 15) is 4.79 Å². The van der Waals surface area contributed by atoms with Crippen molar-refractivity contribution in [3.05, 3.63) is 60.6 Å². The molecular weight excluding hydrogens is 308 g/mol. The van der Waals surface area contributed by atoms with Gasteiger partial charge in [-0.25, -0.2) is 9.67 Å². The minimum Gasteiger partial charge on any atom is -0.493 e. The quantitative estimate of drug-likeness (QED) is 0.780. The lowest BCUT2D eigenvalue weighted by atomic mass is 10.2. The van der Waals surface area contributed by atoms with Gasteiger partial charge in [0.1, 0.15) is 0 Å². The molecule has 0 spiro atoms. The van der Waals surface area contributed by atoms with Crippen molar-refractivity contribution in [2.24, 2.45) is 0 Å². The zero-order valence-electron chi connectivity index (χ0n) is 13.3. The third-order valence-corrected chi connectivity index (χ3v) is 3.39. The number of methoxy groups -OCH3 is 2.